The Hall–Kier alpha value is -1.24. The molecule has 1 aliphatic heterocycles. The summed E-state index contributed by atoms with van der Waals surface area (Å²) in [6, 6.07) is 7.13. The van der Waals surface area contributed by atoms with Crippen molar-refractivity contribution in [2.75, 3.05) is 19.6 Å². The summed E-state index contributed by atoms with van der Waals surface area (Å²) in [4.78, 5) is 25.8. The average molecular weight is 340 g/mol. The van der Waals surface area contributed by atoms with Crippen LogP contribution in [0.1, 0.15) is 23.2 Å². The second kappa shape index (κ2) is 6.97. The maximum atomic E-state index is 12.0. The lowest BCUT2D eigenvalue weighted by Crippen LogP contribution is -2.47. The first-order valence-corrected chi connectivity index (χ1v) is 7.42. The first kappa shape index (κ1) is 15.2. The monoisotopic (exact) mass is 339 g/mol. The quantitative estimate of drug-likeness (QED) is 0.865. The second-order valence-electron chi connectivity index (χ2n) is 4.99. The summed E-state index contributed by atoms with van der Waals surface area (Å²) in [5, 5.41) is 2.41. The highest BCUT2D eigenvalue weighted by Crippen LogP contribution is 2.15. The van der Waals surface area contributed by atoms with Gasteiger partial charge in [-0.3, -0.25) is 19.8 Å². The summed E-state index contributed by atoms with van der Waals surface area (Å²) in [5.41, 5.74) is 6.32. The number of imide groups is 1. The highest BCUT2D eigenvalue weighted by atomic mass is 79.9. The van der Waals surface area contributed by atoms with Gasteiger partial charge in [-0.05, 0) is 47.4 Å². The van der Waals surface area contributed by atoms with Crippen LogP contribution in [0, 0.1) is 0 Å². The molecule has 1 fully saturated rings. The number of amides is 2. The molecule has 0 bridgehead atoms. The topological polar surface area (TPSA) is 75.4 Å². The van der Waals surface area contributed by atoms with E-state index in [0.717, 1.165) is 19.4 Å². The van der Waals surface area contributed by atoms with Crippen molar-refractivity contribution in [3.05, 3.63) is 34.3 Å². The molecule has 6 heteroatoms. The van der Waals surface area contributed by atoms with E-state index in [2.05, 4.69) is 21.2 Å². The lowest BCUT2D eigenvalue weighted by molar-refractivity contribution is -0.121. The smallest absolute Gasteiger partial charge is 0.259 e. The number of nitrogens with one attached hydrogen (secondary N) is 1. The minimum Gasteiger partial charge on any atom is -0.327 e. The Kier molecular flexibility index (Phi) is 5.28. The molecule has 0 unspecified atom stereocenters. The van der Waals surface area contributed by atoms with Crippen molar-refractivity contribution >= 4 is 27.7 Å². The van der Waals surface area contributed by atoms with Crippen molar-refractivity contribution in [3.63, 3.8) is 0 Å². The predicted octanol–water partition coefficient (Wildman–Crippen LogP) is 1.13. The van der Waals surface area contributed by atoms with Gasteiger partial charge in [-0.15, -0.1) is 0 Å². The van der Waals surface area contributed by atoms with Crippen LogP contribution in [0.25, 0.3) is 0 Å². The van der Waals surface area contributed by atoms with Crippen LogP contribution in [0.5, 0.6) is 0 Å². The summed E-state index contributed by atoms with van der Waals surface area (Å²) in [6.07, 6.45) is 1.99. The molecule has 20 heavy (non-hydrogen) atoms. The third kappa shape index (κ3) is 4.13. The minimum absolute atomic E-state index is 0.121. The molecule has 108 valence electrons. The normalized spacial score (nSPS) is 19.6. The van der Waals surface area contributed by atoms with Crippen LogP contribution < -0.4 is 11.1 Å². The van der Waals surface area contributed by atoms with Crippen LogP contribution in [0.2, 0.25) is 0 Å². The molecule has 0 aromatic heterocycles. The molecule has 1 aliphatic rings. The second-order valence-corrected chi connectivity index (χ2v) is 5.85. The number of nitrogens with zero attached hydrogens (tertiary/aromatic N) is 1. The van der Waals surface area contributed by atoms with Gasteiger partial charge in [0.15, 0.2) is 0 Å². The number of carbonyl (C=O) groups excluding carboxylic acids is 2. The van der Waals surface area contributed by atoms with Crippen LogP contribution in [0.3, 0.4) is 0 Å². The van der Waals surface area contributed by atoms with Gasteiger partial charge >= 0.3 is 0 Å². The number of nitrogens with two attached hydrogens (primary N) is 1. The Bertz CT molecular complexity index is 507. The zero-order chi connectivity index (χ0) is 14.5. The van der Waals surface area contributed by atoms with Gasteiger partial charge in [0, 0.05) is 17.1 Å². The maximum Gasteiger partial charge on any atom is 0.259 e. The van der Waals surface area contributed by atoms with Crippen molar-refractivity contribution < 1.29 is 9.59 Å². The Labute approximate surface area is 126 Å². The van der Waals surface area contributed by atoms with Gasteiger partial charge in [-0.2, -0.15) is 0 Å². The van der Waals surface area contributed by atoms with Gasteiger partial charge in [-0.25, -0.2) is 0 Å². The fourth-order valence-electron chi connectivity index (χ4n) is 2.32. The summed E-state index contributed by atoms with van der Waals surface area (Å²) in [5.74, 6) is -0.677. The van der Waals surface area contributed by atoms with E-state index in [0.29, 0.717) is 16.6 Å². The summed E-state index contributed by atoms with van der Waals surface area (Å²) in [7, 11) is 0. The molecule has 3 N–H and O–H groups in total. The van der Waals surface area contributed by atoms with E-state index in [-0.39, 0.29) is 24.4 Å². The molecule has 5 nitrogen and oxygen atoms in total. The zero-order valence-corrected chi connectivity index (χ0v) is 12.7. The van der Waals surface area contributed by atoms with Gasteiger partial charge < -0.3 is 5.73 Å². The molecule has 1 heterocycles. The molecule has 1 aromatic carbocycles. The van der Waals surface area contributed by atoms with Gasteiger partial charge in [0.1, 0.15) is 0 Å². The fourth-order valence-corrected chi connectivity index (χ4v) is 2.78. The summed E-state index contributed by atoms with van der Waals surface area (Å²) < 4.78 is 0.672. The van der Waals surface area contributed by atoms with Gasteiger partial charge in [0.05, 0.1) is 12.1 Å². The number of piperidine rings is 1. The van der Waals surface area contributed by atoms with Gasteiger partial charge in [0.25, 0.3) is 5.91 Å². The third-order valence-corrected chi connectivity index (χ3v) is 3.97. The number of hydrogen-bond donors (Lipinski definition) is 2. The van der Waals surface area contributed by atoms with Crippen molar-refractivity contribution in [1.82, 2.24) is 10.2 Å². The van der Waals surface area contributed by atoms with E-state index in [1.807, 2.05) is 11.0 Å². The Balaban J connectivity index is 1.88. The number of carbonyl (C=O) groups is 2. The minimum atomic E-state index is -0.385. The SMILES string of the molecule is N[C@@H]1CCCN(CC(=O)NC(=O)c2ccccc2Br)C1. The van der Waals surface area contributed by atoms with E-state index in [1.54, 1.807) is 18.2 Å². The molecular weight excluding hydrogens is 322 g/mol. The van der Waals surface area contributed by atoms with Crippen molar-refractivity contribution in [3.8, 4) is 0 Å². The van der Waals surface area contributed by atoms with E-state index in [9.17, 15) is 9.59 Å². The van der Waals surface area contributed by atoms with Crippen molar-refractivity contribution in [2.45, 2.75) is 18.9 Å². The molecule has 0 radical (unpaired) electrons. The lowest BCUT2D eigenvalue weighted by atomic mass is 10.1. The number of benzene rings is 1. The third-order valence-electron chi connectivity index (χ3n) is 3.28. The molecule has 2 rings (SSSR count). The highest BCUT2D eigenvalue weighted by molar-refractivity contribution is 9.10. The fraction of sp³-hybridized carbons (Fsp3) is 0.429. The molecular formula is C14H18BrN3O2. The molecule has 0 saturated carbocycles. The summed E-state index contributed by atoms with van der Waals surface area (Å²) >= 11 is 3.29. The lowest BCUT2D eigenvalue weighted by Gasteiger charge is -2.29. The Morgan fingerprint density at radius 2 is 2.15 bits per heavy atom. The first-order chi connectivity index (χ1) is 9.56. The van der Waals surface area contributed by atoms with Crippen LogP contribution >= 0.6 is 15.9 Å². The molecule has 0 spiro atoms. The van der Waals surface area contributed by atoms with E-state index < -0.39 is 0 Å². The molecule has 1 saturated heterocycles. The maximum absolute atomic E-state index is 12.0. The van der Waals surface area contributed by atoms with E-state index in [1.165, 1.54) is 0 Å². The number of halogens is 1. The predicted molar refractivity (Wildman–Crippen MR) is 80.3 cm³/mol. The molecule has 1 atom stereocenters. The van der Waals surface area contributed by atoms with Crippen LogP contribution in [-0.2, 0) is 4.79 Å². The standard InChI is InChI=1S/C14H18BrN3O2/c15-12-6-2-1-5-11(12)14(20)17-13(19)9-18-7-3-4-10(16)8-18/h1-2,5-6,10H,3-4,7-9,16H2,(H,17,19,20)/t10-/m1/s1. The largest absolute Gasteiger partial charge is 0.327 e. The molecule has 0 aliphatic carbocycles. The van der Waals surface area contributed by atoms with Crippen molar-refractivity contribution in [2.24, 2.45) is 5.73 Å². The zero-order valence-electron chi connectivity index (χ0n) is 11.1. The first-order valence-electron chi connectivity index (χ1n) is 6.63. The number of rotatable bonds is 3. The van der Waals surface area contributed by atoms with E-state index >= 15 is 0 Å². The molecule has 1 aromatic rings. The van der Waals surface area contributed by atoms with Crippen LogP contribution in [0.15, 0.2) is 28.7 Å². The van der Waals surface area contributed by atoms with Gasteiger partial charge in [-0.1, -0.05) is 12.1 Å². The van der Waals surface area contributed by atoms with Crippen molar-refractivity contribution in [1.29, 1.82) is 0 Å². The summed E-state index contributed by atoms with van der Waals surface area (Å²) in [6.45, 7) is 1.77. The van der Waals surface area contributed by atoms with Gasteiger partial charge in [0.2, 0.25) is 5.91 Å². The Morgan fingerprint density at radius 1 is 1.40 bits per heavy atom. The highest BCUT2D eigenvalue weighted by Gasteiger charge is 2.20. The molecule has 2 amide bonds. The number of hydrogen-bond acceptors (Lipinski definition) is 4. The number of likely N-dealkylation sites (tertiary alicyclic amines) is 1. The van der Waals surface area contributed by atoms with E-state index in [4.69, 9.17) is 5.73 Å². The Morgan fingerprint density at radius 3 is 2.85 bits per heavy atom. The average Bonchev–Trinajstić information content (AvgIpc) is 2.38. The van der Waals surface area contributed by atoms with Crippen LogP contribution in [-0.4, -0.2) is 42.4 Å². The van der Waals surface area contributed by atoms with Crippen LogP contribution in [0.4, 0.5) is 0 Å².